The van der Waals surface area contributed by atoms with Gasteiger partial charge in [-0.05, 0) is 30.7 Å². The van der Waals surface area contributed by atoms with Gasteiger partial charge in [0, 0.05) is 12.7 Å². The second kappa shape index (κ2) is 8.17. The summed E-state index contributed by atoms with van der Waals surface area (Å²) in [4.78, 5) is 4.29. The lowest BCUT2D eigenvalue weighted by Crippen LogP contribution is -2.07. The molecule has 1 aromatic carbocycles. The number of nitrogens with zero attached hydrogens (tertiary/aromatic N) is 1. The molecule has 4 nitrogen and oxygen atoms in total. The number of ether oxygens (including phenoxy) is 2. The van der Waals surface area contributed by atoms with E-state index in [1.165, 1.54) is 0 Å². The van der Waals surface area contributed by atoms with Crippen LogP contribution >= 0.6 is 0 Å². The normalized spacial score (nSPS) is 10.2. The van der Waals surface area contributed by atoms with Crippen LogP contribution in [0.5, 0.6) is 5.75 Å². The second-order valence-corrected chi connectivity index (χ2v) is 4.30. The fourth-order valence-corrected chi connectivity index (χ4v) is 1.72. The van der Waals surface area contributed by atoms with Crippen molar-refractivity contribution in [2.24, 2.45) is 0 Å². The monoisotopic (exact) mass is 272 g/mol. The SMILES string of the molecule is CCNc1ccc(COCCOc2ccccc2)cn1. The van der Waals surface area contributed by atoms with Gasteiger partial charge in [0.05, 0.1) is 13.2 Å². The maximum absolute atomic E-state index is 5.56. The molecule has 2 rings (SSSR count). The van der Waals surface area contributed by atoms with Gasteiger partial charge in [0.15, 0.2) is 0 Å². The summed E-state index contributed by atoms with van der Waals surface area (Å²) in [5.74, 6) is 1.76. The molecule has 0 atom stereocenters. The molecule has 0 unspecified atom stereocenters. The van der Waals surface area contributed by atoms with E-state index in [0.29, 0.717) is 19.8 Å². The van der Waals surface area contributed by atoms with Crippen LogP contribution in [0.2, 0.25) is 0 Å². The quantitative estimate of drug-likeness (QED) is 0.750. The first-order valence-electron chi connectivity index (χ1n) is 6.83. The van der Waals surface area contributed by atoms with Crippen molar-refractivity contribution in [2.75, 3.05) is 25.1 Å². The van der Waals surface area contributed by atoms with Gasteiger partial charge in [-0.15, -0.1) is 0 Å². The molecule has 1 N–H and O–H groups in total. The van der Waals surface area contributed by atoms with Crippen LogP contribution in [-0.2, 0) is 11.3 Å². The summed E-state index contributed by atoms with van der Waals surface area (Å²) in [6.45, 7) is 4.58. The molecule has 20 heavy (non-hydrogen) atoms. The fourth-order valence-electron chi connectivity index (χ4n) is 1.72. The summed E-state index contributed by atoms with van der Waals surface area (Å²) in [6, 6.07) is 13.7. The van der Waals surface area contributed by atoms with Gasteiger partial charge in [-0.2, -0.15) is 0 Å². The molecule has 0 bridgehead atoms. The molecule has 0 aliphatic heterocycles. The Morgan fingerprint density at radius 2 is 1.90 bits per heavy atom. The molecule has 0 fully saturated rings. The maximum atomic E-state index is 5.56. The number of para-hydroxylation sites is 1. The molecule has 0 spiro atoms. The minimum Gasteiger partial charge on any atom is -0.491 e. The van der Waals surface area contributed by atoms with Crippen molar-refractivity contribution in [3.05, 3.63) is 54.2 Å². The van der Waals surface area contributed by atoms with Crippen molar-refractivity contribution in [3.8, 4) is 5.75 Å². The van der Waals surface area contributed by atoms with Crippen LogP contribution in [0.4, 0.5) is 5.82 Å². The first-order valence-corrected chi connectivity index (χ1v) is 6.83. The Bertz CT molecular complexity index is 486. The van der Waals surface area contributed by atoms with Crippen molar-refractivity contribution < 1.29 is 9.47 Å². The minimum absolute atomic E-state index is 0.549. The highest BCUT2D eigenvalue weighted by Crippen LogP contribution is 2.08. The number of nitrogens with one attached hydrogen (secondary N) is 1. The zero-order valence-corrected chi connectivity index (χ0v) is 11.7. The molecule has 0 radical (unpaired) electrons. The molecule has 1 heterocycles. The molecule has 0 amide bonds. The maximum Gasteiger partial charge on any atom is 0.125 e. The smallest absolute Gasteiger partial charge is 0.125 e. The van der Waals surface area contributed by atoms with Gasteiger partial charge in [0.2, 0.25) is 0 Å². The van der Waals surface area contributed by atoms with Crippen LogP contribution in [0.15, 0.2) is 48.7 Å². The van der Waals surface area contributed by atoms with Gasteiger partial charge in [0.25, 0.3) is 0 Å². The van der Waals surface area contributed by atoms with Gasteiger partial charge >= 0.3 is 0 Å². The third-order valence-corrected chi connectivity index (χ3v) is 2.69. The lowest BCUT2D eigenvalue weighted by molar-refractivity contribution is 0.0888. The molecule has 0 saturated heterocycles. The predicted molar refractivity (Wildman–Crippen MR) is 80.0 cm³/mol. The molecule has 2 aromatic rings. The molecular weight excluding hydrogens is 252 g/mol. The summed E-state index contributed by atoms with van der Waals surface area (Å²) < 4.78 is 11.1. The van der Waals surface area contributed by atoms with Crippen molar-refractivity contribution in [3.63, 3.8) is 0 Å². The largest absolute Gasteiger partial charge is 0.491 e. The van der Waals surface area contributed by atoms with Gasteiger partial charge in [-0.1, -0.05) is 24.3 Å². The van der Waals surface area contributed by atoms with Crippen molar-refractivity contribution in [2.45, 2.75) is 13.5 Å². The number of aromatic nitrogens is 1. The van der Waals surface area contributed by atoms with E-state index in [-0.39, 0.29) is 0 Å². The minimum atomic E-state index is 0.549. The van der Waals surface area contributed by atoms with Crippen LogP contribution < -0.4 is 10.1 Å². The molecular formula is C16H20N2O2. The van der Waals surface area contributed by atoms with E-state index in [1.54, 1.807) is 0 Å². The van der Waals surface area contributed by atoms with Crippen LogP contribution in [-0.4, -0.2) is 24.7 Å². The van der Waals surface area contributed by atoms with E-state index < -0.39 is 0 Å². The van der Waals surface area contributed by atoms with Crippen LogP contribution in [0.25, 0.3) is 0 Å². The van der Waals surface area contributed by atoms with Gasteiger partial charge in [0.1, 0.15) is 18.2 Å². The highest BCUT2D eigenvalue weighted by atomic mass is 16.5. The Labute approximate surface area is 119 Å². The summed E-state index contributed by atoms with van der Waals surface area (Å²) >= 11 is 0. The Morgan fingerprint density at radius 3 is 2.60 bits per heavy atom. The summed E-state index contributed by atoms with van der Waals surface area (Å²) in [5, 5.41) is 3.16. The van der Waals surface area contributed by atoms with E-state index in [4.69, 9.17) is 9.47 Å². The van der Waals surface area contributed by atoms with Crippen LogP contribution in [0.3, 0.4) is 0 Å². The summed E-state index contributed by atoms with van der Waals surface area (Å²) in [6.07, 6.45) is 1.83. The number of rotatable bonds is 8. The average molecular weight is 272 g/mol. The second-order valence-electron chi connectivity index (χ2n) is 4.30. The fraction of sp³-hybridized carbons (Fsp3) is 0.312. The number of benzene rings is 1. The first-order chi connectivity index (χ1) is 9.88. The Hall–Kier alpha value is -2.07. The number of pyridine rings is 1. The molecule has 106 valence electrons. The zero-order chi connectivity index (χ0) is 14.0. The summed E-state index contributed by atoms with van der Waals surface area (Å²) in [5.41, 5.74) is 1.06. The van der Waals surface area contributed by atoms with Crippen LogP contribution in [0.1, 0.15) is 12.5 Å². The average Bonchev–Trinajstić information content (AvgIpc) is 2.50. The van der Waals surface area contributed by atoms with E-state index >= 15 is 0 Å². The standard InChI is InChI=1S/C16H20N2O2/c1-2-17-16-9-8-14(12-18-16)13-19-10-11-20-15-6-4-3-5-7-15/h3-9,12H,2,10-11,13H2,1H3,(H,17,18). The molecule has 1 aromatic heterocycles. The Balaban J connectivity index is 1.63. The lowest BCUT2D eigenvalue weighted by Gasteiger charge is -2.07. The highest BCUT2D eigenvalue weighted by Gasteiger charge is 1.96. The van der Waals surface area contributed by atoms with Gasteiger partial charge in [-0.3, -0.25) is 0 Å². The summed E-state index contributed by atoms with van der Waals surface area (Å²) in [7, 11) is 0. The van der Waals surface area contributed by atoms with E-state index in [2.05, 4.69) is 10.3 Å². The number of anilines is 1. The van der Waals surface area contributed by atoms with Gasteiger partial charge in [-0.25, -0.2) is 4.98 Å². The third kappa shape index (κ3) is 4.90. The Kier molecular flexibility index (Phi) is 5.86. The van der Waals surface area contributed by atoms with E-state index in [9.17, 15) is 0 Å². The molecule has 0 saturated carbocycles. The molecule has 0 aliphatic carbocycles. The Morgan fingerprint density at radius 1 is 1.05 bits per heavy atom. The third-order valence-electron chi connectivity index (χ3n) is 2.69. The van der Waals surface area contributed by atoms with E-state index in [1.807, 2.05) is 55.6 Å². The van der Waals surface area contributed by atoms with E-state index in [0.717, 1.165) is 23.7 Å². The highest BCUT2D eigenvalue weighted by molar-refractivity contribution is 5.34. The van der Waals surface area contributed by atoms with Crippen molar-refractivity contribution >= 4 is 5.82 Å². The van der Waals surface area contributed by atoms with Crippen molar-refractivity contribution in [1.29, 1.82) is 0 Å². The molecule has 0 aliphatic rings. The molecule has 4 heteroatoms. The zero-order valence-electron chi connectivity index (χ0n) is 11.7. The number of hydrogen-bond acceptors (Lipinski definition) is 4. The first kappa shape index (κ1) is 14.3. The topological polar surface area (TPSA) is 43.4 Å². The van der Waals surface area contributed by atoms with Gasteiger partial charge < -0.3 is 14.8 Å². The van der Waals surface area contributed by atoms with Crippen molar-refractivity contribution in [1.82, 2.24) is 4.98 Å². The number of hydrogen-bond donors (Lipinski definition) is 1. The van der Waals surface area contributed by atoms with Crippen LogP contribution in [0, 0.1) is 0 Å². The lowest BCUT2D eigenvalue weighted by atomic mass is 10.3. The predicted octanol–water partition coefficient (Wildman–Crippen LogP) is 3.11.